The number of rotatable bonds is 30. The average molecular weight is 569 g/mol. The SMILES string of the molecule is CCCCCCCCc1ccc(OCCOCCOCCOCCOCCOCCOC(=O)CCCCC)cc1. The first-order chi connectivity index (χ1) is 19.8. The zero-order chi connectivity index (χ0) is 28.8. The van der Waals surface area contributed by atoms with Gasteiger partial charge < -0.3 is 33.2 Å². The van der Waals surface area contributed by atoms with Crippen LogP contribution in [0.3, 0.4) is 0 Å². The van der Waals surface area contributed by atoms with Crippen molar-refractivity contribution in [3.8, 4) is 5.75 Å². The second-order valence-corrected chi connectivity index (χ2v) is 9.75. The van der Waals surface area contributed by atoms with Gasteiger partial charge in [-0.25, -0.2) is 0 Å². The van der Waals surface area contributed by atoms with E-state index in [1.807, 2.05) is 12.1 Å². The van der Waals surface area contributed by atoms with Crippen molar-refractivity contribution in [3.05, 3.63) is 29.8 Å². The molecule has 0 radical (unpaired) electrons. The van der Waals surface area contributed by atoms with Gasteiger partial charge in [0.2, 0.25) is 0 Å². The van der Waals surface area contributed by atoms with Crippen molar-refractivity contribution in [1.82, 2.24) is 0 Å². The molecule has 0 saturated heterocycles. The highest BCUT2D eigenvalue weighted by molar-refractivity contribution is 5.69. The third kappa shape index (κ3) is 24.1. The molecule has 0 aliphatic rings. The van der Waals surface area contributed by atoms with Gasteiger partial charge in [0.05, 0.1) is 66.1 Å². The van der Waals surface area contributed by atoms with Gasteiger partial charge in [-0.2, -0.15) is 0 Å². The first-order valence-corrected chi connectivity index (χ1v) is 15.5. The van der Waals surface area contributed by atoms with Crippen LogP contribution in [-0.2, 0) is 39.6 Å². The van der Waals surface area contributed by atoms with Crippen molar-refractivity contribution in [2.24, 2.45) is 0 Å². The topological polar surface area (TPSA) is 81.7 Å². The second kappa shape index (κ2) is 28.8. The van der Waals surface area contributed by atoms with Crippen LogP contribution in [0.1, 0.15) is 83.6 Å². The fourth-order valence-corrected chi connectivity index (χ4v) is 3.87. The summed E-state index contributed by atoms with van der Waals surface area (Å²) in [6.45, 7) is 10.1. The lowest BCUT2D eigenvalue weighted by Crippen LogP contribution is -2.15. The van der Waals surface area contributed by atoms with E-state index in [-0.39, 0.29) is 5.97 Å². The van der Waals surface area contributed by atoms with Crippen LogP contribution >= 0.6 is 0 Å². The number of carbonyl (C=O) groups is 1. The van der Waals surface area contributed by atoms with Gasteiger partial charge in [0, 0.05) is 6.42 Å². The van der Waals surface area contributed by atoms with E-state index in [0.29, 0.717) is 85.7 Å². The molecule has 0 atom stereocenters. The van der Waals surface area contributed by atoms with Crippen molar-refractivity contribution in [2.75, 3.05) is 79.3 Å². The van der Waals surface area contributed by atoms with Crippen LogP contribution in [0.2, 0.25) is 0 Å². The molecule has 8 nitrogen and oxygen atoms in total. The first-order valence-electron chi connectivity index (χ1n) is 15.5. The smallest absolute Gasteiger partial charge is 0.305 e. The maximum atomic E-state index is 11.5. The van der Waals surface area contributed by atoms with Gasteiger partial charge in [0.25, 0.3) is 0 Å². The van der Waals surface area contributed by atoms with Crippen LogP contribution < -0.4 is 4.74 Å². The van der Waals surface area contributed by atoms with Crippen LogP contribution in [0.15, 0.2) is 24.3 Å². The normalized spacial score (nSPS) is 11.2. The minimum absolute atomic E-state index is 0.151. The number of carbonyl (C=O) groups excluding carboxylic acids is 1. The molecular formula is C32H56O8. The predicted molar refractivity (Wildman–Crippen MR) is 158 cm³/mol. The van der Waals surface area contributed by atoms with E-state index in [2.05, 4.69) is 26.0 Å². The van der Waals surface area contributed by atoms with E-state index in [9.17, 15) is 4.79 Å². The summed E-state index contributed by atoms with van der Waals surface area (Å²) in [5.41, 5.74) is 1.38. The third-order valence-electron chi connectivity index (χ3n) is 6.20. The van der Waals surface area contributed by atoms with E-state index in [1.165, 1.54) is 44.1 Å². The minimum Gasteiger partial charge on any atom is -0.491 e. The summed E-state index contributed by atoms with van der Waals surface area (Å²) in [4.78, 5) is 11.5. The monoisotopic (exact) mass is 568 g/mol. The molecule has 0 amide bonds. The fourth-order valence-electron chi connectivity index (χ4n) is 3.87. The molecule has 0 bridgehead atoms. The Hall–Kier alpha value is -1.71. The van der Waals surface area contributed by atoms with Crippen LogP contribution in [0.25, 0.3) is 0 Å². The van der Waals surface area contributed by atoms with Gasteiger partial charge >= 0.3 is 5.97 Å². The molecule has 0 saturated carbocycles. The highest BCUT2D eigenvalue weighted by Crippen LogP contribution is 2.15. The quantitative estimate of drug-likeness (QED) is 0.0805. The zero-order valence-corrected chi connectivity index (χ0v) is 25.3. The fraction of sp³-hybridized carbons (Fsp3) is 0.781. The Kier molecular flexibility index (Phi) is 26.2. The highest BCUT2D eigenvalue weighted by atomic mass is 16.6. The molecule has 1 aromatic carbocycles. The molecule has 232 valence electrons. The van der Waals surface area contributed by atoms with E-state index >= 15 is 0 Å². The summed E-state index contributed by atoms with van der Waals surface area (Å²) in [6.07, 6.45) is 12.6. The van der Waals surface area contributed by atoms with Gasteiger partial charge in [0.1, 0.15) is 19.0 Å². The largest absolute Gasteiger partial charge is 0.491 e. The second-order valence-electron chi connectivity index (χ2n) is 9.75. The maximum absolute atomic E-state index is 11.5. The van der Waals surface area contributed by atoms with Crippen molar-refractivity contribution < 1.29 is 38.0 Å². The molecule has 40 heavy (non-hydrogen) atoms. The summed E-state index contributed by atoms with van der Waals surface area (Å²) >= 11 is 0. The average Bonchev–Trinajstić information content (AvgIpc) is 2.97. The van der Waals surface area contributed by atoms with Crippen LogP contribution in [0.4, 0.5) is 0 Å². The van der Waals surface area contributed by atoms with Crippen molar-refractivity contribution in [3.63, 3.8) is 0 Å². The Balaban J connectivity index is 1.77. The summed E-state index contributed by atoms with van der Waals surface area (Å²) in [6, 6.07) is 8.42. The Morgan fingerprint density at radius 3 is 1.52 bits per heavy atom. The molecule has 0 aliphatic carbocycles. The molecule has 0 N–H and O–H groups in total. The maximum Gasteiger partial charge on any atom is 0.305 e. The Bertz CT molecular complexity index is 667. The molecule has 0 heterocycles. The number of benzene rings is 1. The lowest BCUT2D eigenvalue weighted by atomic mass is 10.0. The van der Waals surface area contributed by atoms with Crippen LogP contribution in [-0.4, -0.2) is 85.3 Å². The molecule has 1 rings (SSSR count). The standard InChI is InChI=1S/C32H56O8/c1-3-5-7-8-9-11-12-30-14-16-31(17-15-30)39-28-26-37-24-22-35-20-18-34-19-21-36-23-25-38-27-29-40-32(33)13-10-6-4-2/h14-17H,3-13,18-29H2,1-2H3. The highest BCUT2D eigenvalue weighted by Gasteiger charge is 2.02. The van der Waals surface area contributed by atoms with Crippen molar-refractivity contribution in [1.29, 1.82) is 0 Å². The Morgan fingerprint density at radius 1 is 0.525 bits per heavy atom. The molecule has 0 aromatic heterocycles. The lowest BCUT2D eigenvalue weighted by molar-refractivity contribution is -0.145. The molecular weight excluding hydrogens is 512 g/mol. The Labute approximate surface area is 243 Å². The number of hydrogen-bond acceptors (Lipinski definition) is 8. The van der Waals surface area contributed by atoms with Crippen LogP contribution in [0, 0.1) is 0 Å². The third-order valence-corrected chi connectivity index (χ3v) is 6.20. The number of unbranched alkanes of at least 4 members (excludes halogenated alkanes) is 7. The summed E-state index contributed by atoms with van der Waals surface area (Å²) < 4.78 is 38.2. The molecule has 0 unspecified atom stereocenters. The minimum atomic E-state index is -0.151. The van der Waals surface area contributed by atoms with Gasteiger partial charge in [-0.1, -0.05) is 70.9 Å². The van der Waals surface area contributed by atoms with E-state index in [0.717, 1.165) is 31.4 Å². The predicted octanol–water partition coefficient (Wildman–Crippen LogP) is 6.17. The molecule has 8 heteroatoms. The van der Waals surface area contributed by atoms with E-state index in [4.69, 9.17) is 33.2 Å². The number of ether oxygens (including phenoxy) is 7. The lowest BCUT2D eigenvalue weighted by Gasteiger charge is -2.09. The van der Waals surface area contributed by atoms with Crippen LogP contribution in [0.5, 0.6) is 5.75 Å². The van der Waals surface area contributed by atoms with E-state index in [1.54, 1.807) is 0 Å². The van der Waals surface area contributed by atoms with Crippen molar-refractivity contribution in [2.45, 2.75) is 84.5 Å². The molecule has 0 aliphatic heterocycles. The zero-order valence-electron chi connectivity index (χ0n) is 25.3. The number of esters is 1. The van der Waals surface area contributed by atoms with Crippen molar-refractivity contribution >= 4 is 5.97 Å². The van der Waals surface area contributed by atoms with Gasteiger partial charge in [0.15, 0.2) is 0 Å². The summed E-state index contributed by atoms with van der Waals surface area (Å²) in [5.74, 6) is 0.735. The number of hydrogen-bond donors (Lipinski definition) is 0. The van der Waals surface area contributed by atoms with Gasteiger partial charge in [-0.3, -0.25) is 4.79 Å². The van der Waals surface area contributed by atoms with Gasteiger partial charge in [-0.15, -0.1) is 0 Å². The van der Waals surface area contributed by atoms with E-state index < -0.39 is 0 Å². The molecule has 0 spiro atoms. The first kappa shape index (κ1) is 36.3. The molecule has 0 fully saturated rings. The summed E-state index contributed by atoms with van der Waals surface area (Å²) in [5, 5.41) is 0. The number of aryl methyl sites for hydroxylation is 1. The van der Waals surface area contributed by atoms with Gasteiger partial charge in [-0.05, 0) is 37.0 Å². The Morgan fingerprint density at radius 2 is 0.975 bits per heavy atom. The summed E-state index contributed by atoms with van der Waals surface area (Å²) in [7, 11) is 0. The molecule has 1 aromatic rings.